The first-order valence-electron chi connectivity index (χ1n) is 7.91. The molecule has 1 amide bonds. The van der Waals surface area contributed by atoms with Crippen LogP contribution in [0, 0.1) is 0 Å². The fraction of sp³-hybridized carbons (Fsp3) is 0.0500. The first-order chi connectivity index (χ1) is 12.7. The van der Waals surface area contributed by atoms with Crippen molar-refractivity contribution >= 4 is 23.7 Å². The second-order valence-electron chi connectivity index (χ2n) is 5.42. The SMILES string of the molecule is O=C(N/N=C\c1ccc(OCc2cccc(Cl)c2)cc1)c1ccncc1. The third-order valence-electron chi connectivity index (χ3n) is 3.50. The smallest absolute Gasteiger partial charge is 0.271 e. The Bertz CT molecular complexity index is 896. The van der Waals surface area contributed by atoms with Crippen molar-refractivity contribution in [2.45, 2.75) is 6.61 Å². The zero-order valence-electron chi connectivity index (χ0n) is 13.8. The minimum Gasteiger partial charge on any atom is -0.489 e. The van der Waals surface area contributed by atoms with Crippen molar-refractivity contribution in [3.05, 3.63) is 94.8 Å². The van der Waals surface area contributed by atoms with E-state index in [0.29, 0.717) is 17.2 Å². The molecule has 5 nitrogen and oxygen atoms in total. The van der Waals surface area contributed by atoms with E-state index in [1.807, 2.05) is 48.5 Å². The summed E-state index contributed by atoms with van der Waals surface area (Å²) in [5.74, 6) is 0.452. The van der Waals surface area contributed by atoms with Crippen LogP contribution < -0.4 is 10.2 Å². The fourth-order valence-electron chi connectivity index (χ4n) is 2.18. The Morgan fingerprint density at radius 3 is 2.62 bits per heavy atom. The van der Waals surface area contributed by atoms with E-state index in [2.05, 4.69) is 15.5 Å². The minimum atomic E-state index is -0.287. The van der Waals surface area contributed by atoms with Crippen LogP contribution in [0.1, 0.15) is 21.5 Å². The summed E-state index contributed by atoms with van der Waals surface area (Å²) in [5, 5.41) is 4.64. The summed E-state index contributed by atoms with van der Waals surface area (Å²) in [6.07, 6.45) is 4.68. The number of benzene rings is 2. The molecule has 26 heavy (non-hydrogen) atoms. The molecule has 2 aromatic carbocycles. The van der Waals surface area contributed by atoms with Crippen LogP contribution in [0.2, 0.25) is 5.02 Å². The Hall–Kier alpha value is -3.18. The molecule has 3 aromatic rings. The lowest BCUT2D eigenvalue weighted by molar-refractivity contribution is 0.0955. The maximum atomic E-state index is 11.9. The molecule has 1 aromatic heterocycles. The number of hydrogen-bond donors (Lipinski definition) is 1. The van der Waals surface area contributed by atoms with Crippen LogP contribution in [0.3, 0.4) is 0 Å². The lowest BCUT2D eigenvalue weighted by Crippen LogP contribution is -2.17. The number of hydrogen-bond acceptors (Lipinski definition) is 4. The highest BCUT2D eigenvalue weighted by atomic mass is 35.5. The molecular formula is C20H16ClN3O2. The van der Waals surface area contributed by atoms with Gasteiger partial charge in [-0.15, -0.1) is 0 Å². The van der Waals surface area contributed by atoms with Crippen molar-refractivity contribution in [1.29, 1.82) is 0 Å². The van der Waals surface area contributed by atoms with Crippen molar-refractivity contribution < 1.29 is 9.53 Å². The number of nitrogens with zero attached hydrogens (tertiary/aromatic N) is 2. The molecule has 0 radical (unpaired) electrons. The molecule has 0 atom stereocenters. The monoisotopic (exact) mass is 365 g/mol. The summed E-state index contributed by atoms with van der Waals surface area (Å²) < 4.78 is 5.72. The Labute approximate surface area is 156 Å². The van der Waals surface area contributed by atoms with Gasteiger partial charge >= 0.3 is 0 Å². The van der Waals surface area contributed by atoms with E-state index in [-0.39, 0.29) is 5.91 Å². The largest absolute Gasteiger partial charge is 0.489 e. The first-order valence-corrected chi connectivity index (χ1v) is 8.29. The fourth-order valence-corrected chi connectivity index (χ4v) is 2.39. The average Bonchev–Trinajstić information content (AvgIpc) is 2.68. The van der Waals surface area contributed by atoms with Gasteiger partial charge in [-0.05, 0) is 59.7 Å². The van der Waals surface area contributed by atoms with E-state index < -0.39 is 0 Å². The van der Waals surface area contributed by atoms with Gasteiger partial charge < -0.3 is 4.74 Å². The molecule has 0 saturated carbocycles. The molecule has 0 unspecified atom stereocenters. The average molecular weight is 366 g/mol. The van der Waals surface area contributed by atoms with Gasteiger partial charge in [0.25, 0.3) is 5.91 Å². The molecule has 0 aliphatic carbocycles. The van der Waals surface area contributed by atoms with Crippen LogP contribution in [0.4, 0.5) is 0 Å². The first kappa shape index (κ1) is 17.6. The second kappa shape index (κ2) is 8.78. The highest BCUT2D eigenvalue weighted by Gasteiger charge is 2.02. The third kappa shape index (κ3) is 5.16. The summed E-state index contributed by atoms with van der Waals surface area (Å²) >= 11 is 5.95. The van der Waals surface area contributed by atoms with Gasteiger partial charge in [0.2, 0.25) is 0 Å². The Balaban J connectivity index is 1.52. The van der Waals surface area contributed by atoms with Crippen molar-refractivity contribution in [3.8, 4) is 5.75 Å². The van der Waals surface area contributed by atoms with E-state index in [9.17, 15) is 4.79 Å². The van der Waals surface area contributed by atoms with Crippen LogP contribution in [-0.4, -0.2) is 17.1 Å². The number of carbonyl (C=O) groups is 1. The predicted octanol–water partition coefficient (Wildman–Crippen LogP) is 4.08. The summed E-state index contributed by atoms with van der Waals surface area (Å²) in [7, 11) is 0. The third-order valence-corrected chi connectivity index (χ3v) is 3.73. The number of nitrogens with one attached hydrogen (secondary N) is 1. The molecule has 0 spiro atoms. The quantitative estimate of drug-likeness (QED) is 0.529. The molecule has 0 bridgehead atoms. The zero-order valence-corrected chi connectivity index (χ0v) is 14.6. The lowest BCUT2D eigenvalue weighted by atomic mass is 10.2. The van der Waals surface area contributed by atoms with Crippen molar-refractivity contribution in [3.63, 3.8) is 0 Å². The Kier molecular flexibility index (Phi) is 5.96. The van der Waals surface area contributed by atoms with Gasteiger partial charge in [0.1, 0.15) is 12.4 Å². The van der Waals surface area contributed by atoms with Gasteiger partial charge in [-0.3, -0.25) is 9.78 Å². The lowest BCUT2D eigenvalue weighted by Gasteiger charge is -2.06. The zero-order chi connectivity index (χ0) is 18.2. The summed E-state index contributed by atoms with van der Waals surface area (Å²) in [4.78, 5) is 15.7. The molecule has 130 valence electrons. The number of rotatable bonds is 6. The molecule has 0 aliphatic heterocycles. The van der Waals surface area contributed by atoms with Gasteiger partial charge in [-0.2, -0.15) is 5.10 Å². The summed E-state index contributed by atoms with van der Waals surface area (Å²) in [5.41, 5.74) is 4.82. The number of hydrazone groups is 1. The Morgan fingerprint density at radius 1 is 1.12 bits per heavy atom. The molecule has 1 heterocycles. The highest BCUT2D eigenvalue weighted by Crippen LogP contribution is 2.15. The van der Waals surface area contributed by atoms with E-state index in [1.165, 1.54) is 0 Å². The van der Waals surface area contributed by atoms with Crippen LogP contribution in [0.25, 0.3) is 0 Å². The number of ether oxygens (including phenoxy) is 1. The van der Waals surface area contributed by atoms with Crippen LogP contribution in [0.15, 0.2) is 78.2 Å². The maximum absolute atomic E-state index is 11.9. The van der Waals surface area contributed by atoms with Crippen LogP contribution in [-0.2, 0) is 6.61 Å². The topological polar surface area (TPSA) is 63.6 Å². The van der Waals surface area contributed by atoms with Gasteiger partial charge in [-0.25, -0.2) is 5.43 Å². The van der Waals surface area contributed by atoms with E-state index >= 15 is 0 Å². The van der Waals surface area contributed by atoms with Crippen LogP contribution in [0.5, 0.6) is 5.75 Å². The van der Waals surface area contributed by atoms with Gasteiger partial charge in [-0.1, -0.05) is 23.7 Å². The summed E-state index contributed by atoms with van der Waals surface area (Å²) in [6, 6.07) is 18.2. The van der Waals surface area contributed by atoms with Gasteiger partial charge in [0.15, 0.2) is 0 Å². The second-order valence-corrected chi connectivity index (χ2v) is 5.86. The molecule has 6 heteroatoms. The highest BCUT2D eigenvalue weighted by molar-refractivity contribution is 6.30. The van der Waals surface area contributed by atoms with E-state index in [0.717, 1.165) is 16.9 Å². The molecule has 0 saturated heterocycles. The number of pyridine rings is 1. The molecule has 0 fully saturated rings. The normalized spacial score (nSPS) is 10.7. The number of amides is 1. The number of carbonyl (C=O) groups excluding carboxylic acids is 1. The Morgan fingerprint density at radius 2 is 1.88 bits per heavy atom. The number of halogens is 1. The van der Waals surface area contributed by atoms with Gasteiger partial charge in [0.05, 0.1) is 6.21 Å². The molecular weight excluding hydrogens is 350 g/mol. The van der Waals surface area contributed by atoms with Crippen molar-refractivity contribution in [1.82, 2.24) is 10.4 Å². The van der Waals surface area contributed by atoms with Crippen molar-refractivity contribution in [2.75, 3.05) is 0 Å². The van der Waals surface area contributed by atoms with Gasteiger partial charge in [0, 0.05) is 23.0 Å². The van der Waals surface area contributed by atoms with Crippen LogP contribution >= 0.6 is 11.6 Å². The summed E-state index contributed by atoms with van der Waals surface area (Å²) in [6.45, 7) is 0.440. The number of aromatic nitrogens is 1. The molecule has 0 aliphatic rings. The van der Waals surface area contributed by atoms with E-state index in [4.69, 9.17) is 16.3 Å². The molecule has 3 rings (SSSR count). The standard InChI is InChI=1S/C20H16ClN3O2/c21-18-3-1-2-16(12-18)14-26-19-6-4-15(5-7-19)13-23-24-20(25)17-8-10-22-11-9-17/h1-13H,14H2,(H,24,25)/b23-13-. The predicted molar refractivity (Wildman–Crippen MR) is 102 cm³/mol. The minimum absolute atomic E-state index is 0.287. The molecule has 1 N–H and O–H groups in total. The maximum Gasteiger partial charge on any atom is 0.271 e. The van der Waals surface area contributed by atoms with Crippen molar-refractivity contribution in [2.24, 2.45) is 5.10 Å². The van der Waals surface area contributed by atoms with E-state index in [1.54, 1.807) is 30.7 Å².